The maximum atomic E-state index is 4.20. The molecule has 26 heavy (non-hydrogen) atoms. The van der Waals surface area contributed by atoms with E-state index in [1.807, 2.05) is 0 Å². The second-order valence-corrected chi connectivity index (χ2v) is 7.88. The third-order valence-electron chi connectivity index (χ3n) is 6.22. The zero-order valence-corrected chi connectivity index (χ0v) is 17.9. The molecule has 1 rings (SSSR count). The Balaban J connectivity index is 2.46. The topological polar surface area (TPSA) is 0 Å². The molecular formula is C25H44N+. The minimum absolute atomic E-state index is 0.662. The van der Waals surface area contributed by atoms with Crippen LogP contribution in [0.1, 0.15) is 90.5 Å². The van der Waals surface area contributed by atoms with E-state index >= 15 is 0 Å². The second kappa shape index (κ2) is 14.0. The van der Waals surface area contributed by atoms with E-state index in [2.05, 4.69) is 63.9 Å². The van der Waals surface area contributed by atoms with Crippen LogP contribution in [0.3, 0.4) is 0 Å². The number of likely N-dealkylation sites (N-methyl/N-ethyl adjacent to an activating group) is 1. The van der Waals surface area contributed by atoms with Crippen LogP contribution in [0.15, 0.2) is 43.1 Å². The second-order valence-electron chi connectivity index (χ2n) is 7.88. The lowest BCUT2D eigenvalue weighted by molar-refractivity contribution is -0.901. The Morgan fingerprint density at radius 3 is 1.85 bits per heavy atom. The minimum atomic E-state index is 0.662. The largest absolute Gasteiger partial charge is 0.296 e. The molecule has 0 N–H and O–H groups in total. The number of quaternary nitrogens is 1. The van der Waals surface area contributed by atoms with Crippen LogP contribution in [0.25, 0.3) is 0 Å². The molecule has 1 unspecified atom stereocenters. The summed E-state index contributed by atoms with van der Waals surface area (Å²) in [7, 11) is 0. The number of unbranched alkanes of at least 4 members (excludes halogenated alkanes) is 8. The summed E-state index contributed by atoms with van der Waals surface area (Å²) in [4.78, 5) is 0. The first-order valence-corrected chi connectivity index (χ1v) is 11.3. The summed E-state index contributed by atoms with van der Waals surface area (Å²) in [6.45, 7) is 13.4. The summed E-state index contributed by atoms with van der Waals surface area (Å²) < 4.78 is 1.05. The van der Waals surface area contributed by atoms with Gasteiger partial charge in [0.05, 0.1) is 25.3 Å². The molecule has 0 aromatic heterocycles. The fourth-order valence-corrected chi connectivity index (χ4v) is 4.27. The van der Waals surface area contributed by atoms with Gasteiger partial charge >= 0.3 is 0 Å². The summed E-state index contributed by atoms with van der Waals surface area (Å²) >= 11 is 0. The van der Waals surface area contributed by atoms with Crippen molar-refractivity contribution in [1.82, 2.24) is 0 Å². The van der Waals surface area contributed by atoms with Crippen molar-refractivity contribution in [1.29, 1.82) is 0 Å². The lowest BCUT2D eigenvalue weighted by Crippen LogP contribution is -2.51. The molecule has 0 aliphatic carbocycles. The Labute approximate surface area is 164 Å². The van der Waals surface area contributed by atoms with E-state index in [4.69, 9.17) is 0 Å². The minimum Gasteiger partial charge on any atom is -0.296 e. The standard InChI is InChI=1S/C25H44N/c1-5-9-10-11-12-13-14-15-19-22-25(26(6-2,7-3)8-4)23-24-20-17-16-18-21-24/h6,16-18,20-21,25H,2,5,7-15,19,22-23H2,1,3-4H3/q+1. The van der Waals surface area contributed by atoms with Gasteiger partial charge in [-0.15, -0.1) is 0 Å². The summed E-state index contributed by atoms with van der Waals surface area (Å²) in [5.41, 5.74) is 1.47. The predicted molar refractivity (Wildman–Crippen MR) is 117 cm³/mol. The van der Waals surface area contributed by atoms with E-state index in [0.717, 1.165) is 17.6 Å². The molecule has 0 aliphatic rings. The van der Waals surface area contributed by atoms with Crippen LogP contribution in [0, 0.1) is 0 Å². The van der Waals surface area contributed by atoms with Crippen LogP contribution in [-0.2, 0) is 6.42 Å². The molecule has 0 spiro atoms. The lowest BCUT2D eigenvalue weighted by Gasteiger charge is -2.40. The first-order valence-electron chi connectivity index (χ1n) is 11.3. The van der Waals surface area contributed by atoms with Crippen LogP contribution in [0.4, 0.5) is 0 Å². The number of hydrogen-bond donors (Lipinski definition) is 0. The molecule has 1 aromatic rings. The third kappa shape index (κ3) is 8.08. The quantitative estimate of drug-likeness (QED) is 0.212. The Bertz CT molecular complexity index is 446. The molecule has 0 bridgehead atoms. The van der Waals surface area contributed by atoms with Crippen LogP contribution >= 0.6 is 0 Å². The number of benzene rings is 1. The molecule has 0 radical (unpaired) electrons. The molecule has 0 aliphatic heterocycles. The van der Waals surface area contributed by atoms with Gasteiger partial charge in [0.15, 0.2) is 0 Å². The maximum Gasteiger partial charge on any atom is 0.0972 e. The van der Waals surface area contributed by atoms with Crippen molar-refractivity contribution >= 4 is 0 Å². The zero-order valence-electron chi connectivity index (χ0n) is 17.9. The van der Waals surface area contributed by atoms with E-state index in [1.165, 1.54) is 76.2 Å². The highest BCUT2D eigenvalue weighted by molar-refractivity contribution is 5.15. The van der Waals surface area contributed by atoms with Crippen molar-refractivity contribution in [2.24, 2.45) is 0 Å². The third-order valence-corrected chi connectivity index (χ3v) is 6.22. The molecule has 0 saturated heterocycles. The van der Waals surface area contributed by atoms with Crippen molar-refractivity contribution in [3.63, 3.8) is 0 Å². The first kappa shape index (κ1) is 23.0. The molecule has 0 heterocycles. The van der Waals surface area contributed by atoms with E-state index in [-0.39, 0.29) is 0 Å². The van der Waals surface area contributed by atoms with Gasteiger partial charge in [-0.25, -0.2) is 0 Å². The van der Waals surface area contributed by atoms with Gasteiger partial charge in [0.1, 0.15) is 0 Å². The highest BCUT2D eigenvalue weighted by Crippen LogP contribution is 2.24. The Hall–Kier alpha value is -1.08. The predicted octanol–water partition coefficient (Wildman–Crippen LogP) is 7.52. The summed E-state index contributed by atoms with van der Waals surface area (Å²) in [6, 6.07) is 11.7. The van der Waals surface area contributed by atoms with Gasteiger partial charge in [0.2, 0.25) is 0 Å². The molecule has 0 fully saturated rings. The number of hydrogen-bond acceptors (Lipinski definition) is 0. The maximum absolute atomic E-state index is 4.20. The molecule has 1 atom stereocenters. The summed E-state index contributed by atoms with van der Waals surface area (Å²) in [6.07, 6.45) is 17.4. The molecule has 0 saturated carbocycles. The van der Waals surface area contributed by atoms with Crippen molar-refractivity contribution in [2.75, 3.05) is 13.1 Å². The summed E-state index contributed by atoms with van der Waals surface area (Å²) in [5.74, 6) is 0. The normalized spacial score (nSPS) is 12.9. The Kier molecular flexibility index (Phi) is 12.4. The number of nitrogens with zero attached hydrogens (tertiary/aromatic N) is 1. The van der Waals surface area contributed by atoms with E-state index < -0.39 is 0 Å². The average Bonchev–Trinajstić information content (AvgIpc) is 2.69. The summed E-state index contributed by atoms with van der Waals surface area (Å²) in [5, 5.41) is 0. The van der Waals surface area contributed by atoms with Crippen LogP contribution in [-0.4, -0.2) is 23.6 Å². The van der Waals surface area contributed by atoms with E-state index in [1.54, 1.807) is 0 Å². The van der Waals surface area contributed by atoms with Crippen molar-refractivity contribution in [2.45, 2.75) is 97.4 Å². The van der Waals surface area contributed by atoms with Gasteiger partial charge in [-0.1, -0.05) is 88.6 Å². The van der Waals surface area contributed by atoms with Crippen LogP contribution in [0.5, 0.6) is 0 Å². The van der Waals surface area contributed by atoms with Gasteiger partial charge in [-0.05, 0) is 32.4 Å². The van der Waals surface area contributed by atoms with Gasteiger partial charge in [0.25, 0.3) is 0 Å². The molecule has 148 valence electrons. The van der Waals surface area contributed by atoms with Gasteiger partial charge in [-0.2, -0.15) is 0 Å². The molecule has 1 aromatic carbocycles. The highest BCUT2D eigenvalue weighted by Gasteiger charge is 2.31. The molecular weight excluding hydrogens is 314 g/mol. The van der Waals surface area contributed by atoms with Crippen molar-refractivity contribution < 1.29 is 4.48 Å². The molecule has 1 heteroatoms. The molecule has 1 nitrogen and oxygen atoms in total. The molecule has 0 amide bonds. The van der Waals surface area contributed by atoms with Crippen molar-refractivity contribution in [3.8, 4) is 0 Å². The highest BCUT2D eigenvalue weighted by atomic mass is 15.4. The fraction of sp³-hybridized carbons (Fsp3) is 0.680. The van der Waals surface area contributed by atoms with E-state index in [9.17, 15) is 0 Å². The fourth-order valence-electron chi connectivity index (χ4n) is 4.27. The Morgan fingerprint density at radius 2 is 1.35 bits per heavy atom. The van der Waals surface area contributed by atoms with E-state index in [0.29, 0.717) is 6.04 Å². The van der Waals surface area contributed by atoms with Crippen LogP contribution < -0.4 is 0 Å². The number of rotatable bonds is 16. The average molecular weight is 359 g/mol. The van der Waals surface area contributed by atoms with Gasteiger partial charge in [-0.3, -0.25) is 4.48 Å². The van der Waals surface area contributed by atoms with Crippen LogP contribution in [0.2, 0.25) is 0 Å². The Morgan fingerprint density at radius 1 is 0.808 bits per heavy atom. The first-order chi connectivity index (χ1) is 12.7. The lowest BCUT2D eigenvalue weighted by atomic mass is 9.96. The van der Waals surface area contributed by atoms with Gasteiger partial charge < -0.3 is 0 Å². The zero-order chi connectivity index (χ0) is 19.1. The monoisotopic (exact) mass is 358 g/mol. The van der Waals surface area contributed by atoms with Crippen molar-refractivity contribution in [3.05, 3.63) is 48.7 Å². The SMILES string of the molecule is C=C[N+](CC)(CC)C(CCCCCCCCCCC)Cc1ccccc1. The smallest absolute Gasteiger partial charge is 0.0972 e. The van der Waals surface area contributed by atoms with Gasteiger partial charge in [0, 0.05) is 12.8 Å².